The highest BCUT2D eigenvalue weighted by Crippen LogP contribution is 2.37. The van der Waals surface area contributed by atoms with Crippen LogP contribution in [0.1, 0.15) is 11.1 Å². The summed E-state index contributed by atoms with van der Waals surface area (Å²) in [4.78, 5) is 0. The topological polar surface area (TPSA) is 18.5 Å². The number of hydrogen-bond donors (Lipinski definition) is 0. The van der Waals surface area contributed by atoms with Crippen molar-refractivity contribution in [3.05, 3.63) is 57.6 Å². The zero-order valence-electron chi connectivity index (χ0n) is 11.1. The van der Waals surface area contributed by atoms with Gasteiger partial charge in [-0.25, -0.2) is 8.78 Å². The predicted molar refractivity (Wildman–Crippen MR) is 84.0 cm³/mol. The van der Waals surface area contributed by atoms with Crippen LogP contribution in [-0.4, -0.2) is 7.11 Å². The summed E-state index contributed by atoms with van der Waals surface area (Å²) in [7, 11) is 1.52. The summed E-state index contributed by atoms with van der Waals surface area (Å²) in [5, 5.41) is 0.667. The van der Waals surface area contributed by atoms with E-state index < -0.39 is 11.6 Å². The fraction of sp³-hybridized carbons (Fsp3) is 0.200. The Bertz CT molecular complexity index is 648. The van der Waals surface area contributed by atoms with Crippen molar-refractivity contribution >= 4 is 31.9 Å². The molecule has 0 aliphatic rings. The van der Waals surface area contributed by atoms with Gasteiger partial charge in [-0.15, -0.1) is 0 Å². The fourth-order valence-corrected chi connectivity index (χ4v) is 2.73. The van der Waals surface area contributed by atoms with Gasteiger partial charge in [0, 0.05) is 10.9 Å². The molecule has 0 atom stereocenters. The zero-order valence-corrected chi connectivity index (χ0v) is 14.3. The van der Waals surface area contributed by atoms with Gasteiger partial charge in [-0.2, -0.15) is 0 Å². The molecule has 0 saturated heterocycles. The highest BCUT2D eigenvalue weighted by atomic mass is 79.9. The monoisotopic (exact) mass is 420 g/mol. The molecule has 0 aliphatic heterocycles. The predicted octanol–water partition coefficient (Wildman–Crippen LogP) is 5.21. The molecule has 21 heavy (non-hydrogen) atoms. The maximum Gasteiger partial charge on any atom is 0.175 e. The van der Waals surface area contributed by atoms with Crippen molar-refractivity contribution < 1.29 is 18.3 Å². The minimum absolute atomic E-state index is 0.0911. The van der Waals surface area contributed by atoms with Crippen LogP contribution in [0, 0.1) is 11.6 Å². The molecule has 112 valence electrons. The molecule has 0 saturated carbocycles. The molecular weight excluding hydrogens is 410 g/mol. The van der Waals surface area contributed by atoms with E-state index in [4.69, 9.17) is 9.47 Å². The Morgan fingerprint density at radius 2 is 1.95 bits per heavy atom. The number of benzene rings is 2. The second-order valence-electron chi connectivity index (χ2n) is 4.24. The van der Waals surface area contributed by atoms with Crippen molar-refractivity contribution in [3.63, 3.8) is 0 Å². The molecular formula is C15H12Br2F2O2. The lowest BCUT2D eigenvalue weighted by Crippen LogP contribution is -2.02. The normalized spacial score (nSPS) is 10.5. The quantitative estimate of drug-likeness (QED) is 0.617. The zero-order chi connectivity index (χ0) is 15.4. The van der Waals surface area contributed by atoms with E-state index in [-0.39, 0.29) is 12.2 Å². The van der Waals surface area contributed by atoms with Crippen molar-refractivity contribution in [2.75, 3.05) is 7.11 Å². The number of alkyl halides is 1. The molecule has 2 aromatic carbocycles. The van der Waals surface area contributed by atoms with E-state index in [0.717, 1.165) is 11.6 Å². The van der Waals surface area contributed by atoms with E-state index in [1.54, 1.807) is 0 Å². The van der Waals surface area contributed by atoms with Gasteiger partial charge in [0.25, 0.3) is 0 Å². The Kier molecular flexibility index (Phi) is 5.58. The molecule has 0 aliphatic carbocycles. The van der Waals surface area contributed by atoms with Gasteiger partial charge in [0.1, 0.15) is 6.61 Å². The van der Waals surface area contributed by atoms with E-state index in [0.29, 0.717) is 21.3 Å². The lowest BCUT2D eigenvalue weighted by atomic mass is 10.2. The average Bonchev–Trinajstić information content (AvgIpc) is 2.49. The van der Waals surface area contributed by atoms with Gasteiger partial charge >= 0.3 is 0 Å². The van der Waals surface area contributed by atoms with Gasteiger partial charge in [-0.3, -0.25) is 0 Å². The third-order valence-electron chi connectivity index (χ3n) is 2.85. The average molecular weight is 422 g/mol. The van der Waals surface area contributed by atoms with Crippen molar-refractivity contribution in [2.24, 2.45) is 0 Å². The van der Waals surface area contributed by atoms with Gasteiger partial charge in [-0.1, -0.05) is 28.1 Å². The Hall–Kier alpha value is -1.14. The van der Waals surface area contributed by atoms with Crippen LogP contribution in [0.4, 0.5) is 8.78 Å². The van der Waals surface area contributed by atoms with E-state index in [1.807, 2.05) is 12.1 Å². The van der Waals surface area contributed by atoms with Crippen molar-refractivity contribution in [1.82, 2.24) is 0 Å². The SMILES string of the molecule is COc1cc(CBr)cc(Br)c1OCc1cccc(F)c1F. The Morgan fingerprint density at radius 3 is 2.62 bits per heavy atom. The minimum atomic E-state index is -0.898. The largest absolute Gasteiger partial charge is 0.493 e. The molecule has 0 fully saturated rings. The van der Waals surface area contributed by atoms with Gasteiger partial charge in [0.15, 0.2) is 23.1 Å². The number of ether oxygens (including phenoxy) is 2. The molecule has 0 N–H and O–H groups in total. The molecule has 0 radical (unpaired) electrons. The van der Waals surface area contributed by atoms with Crippen molar-refractivity contribution in [1.29, 1.82) is 0 Å². The van der Waals surface area contributed by atoms with Crippen LogP contribution >= 0.6 is 31.9 Å². The molecule has 2 nitrogen and oxygen atoms in total. The number of rotatable bonds is 5. The molecule has 0 heterocycles. The highest BCUT2D eigenvalue weighted by Gasteiger charge is 2.14. The molecule has 2 rings (SSSR count). The van der Waals surface area contributed by atoms with Crippen LogP contribution in [-0.2, 0) is 11.9 Å². The van der Waals surface area contributed by atoms with Gasteiger partial charge in [0.2, 0.25) is 0 Å². The first-order chi connectivity index (χ1) is 10.1. The molecule has 0 unspecified atom stereocenters. The number of methoxy groups -OCH3 is 1. The molecule has 6 heteroatoms. The van der Waals surface area contributed by atoms with Gasteiger partial charge in [-0.05, 0) is 39.7 Å². The minimum Gasteiger partial charge on any atom is -0.493 e. The van der Waals surface area contributed by atoms with Crippen molar-refractivity contribution in [2.45, 2.75) is 11.9 Å². The maximum absolute atomic E-state index is 13.6. The van der Waals surface area contributed by atoms with Crippen molar-refractivity contribution in [3.8, 4) is 11.5 Å². The molecule has 0 aromatic heterocycles. The highest BCUT2D eigenvalue weighted by molar-refractivity contribution is 9.10. The van der Waals surface area contributed by atoms with Crippen LogP contribution in [0.5, 0.6) is 11.5 Å². The Morgan fingerprint density at radius 1 is 1.19 bits per heavy atom. The smallest absolute Gasteiger partial charge is 0.175 e. The van der Waals surface area contributed by atoms with E-state index >= 15 is 0 Å². The lowest BCUT2D eigenvalue weighted by molar-refractivity contribution is 0.276. The van der Waals surface area contributed by atoms with E-state index in [2.05, 4.69) is 31.9 Å². The number of hydrogen-bond acceptors (Lipinski definition) is 2. The molecule has 0 spiro atoms. The fourth-order valence-electron chi connectivity index (χ4n) is 1.80. The van der Waals surface area contributed by atoms with Gasteiger partial charge in [0.05, 0.1) is 11.6 Å². The third kappa shape index (κ3) is 3.74. The summed E-state index contributed by atoms with van der Waals surface area (Å²) in [5.41, 5.74) is 1.15. The van der Waals surface area contributed by atoms with E-state index in [1.165, 1.54) is 19.2 Å². The Balaban J connectivity index is 2.25. The molecule has 2 aromatic rings. The van der Waals surface area contributed by atoms with Crippen LogP contribution in [0.25, 0.3) is 0 Å². The summed E-state index contributed by atoms with van der Waals surface area (Å²) < 4.78 is 38.3. The van der Waals surface area contributed by atoms with Crippen LogP contribution in [0.15, 0.2) is 34.8 Å². The second kappa shape index (κ2) is 7.22. The maximum atomic E-state index is 13.6. The first-order valence-corrected chi connectivity index (χ1v) is 7.96. The summed E-state index contributed by atoms with van der Waals surface area (Å²) in [6.45, 7) is -0.0911. The summed E-state index contributed by atoms with van der Waals surface area (Å²) in [6.07, 6.45) is 0. The first-order valence-electron chi connectivity index (χ1n) is 6.05. The van der Waals surface area contributed by atoms with Gasteiger partial charge < -0.3 is 9.47 Å². The summed E-state index contributed by atoms with van der Waals surface area (Å²) >= 11 is 6.76. The Labute approximate surface area is 138 Å². The van der Waals surface area contributed by atoms with Crippen LogP contribution in [0.3, 0.4) is 0 Å². The number of halogens is 4. The van der Waals surface area contributed by atoms with E-state index in [9.17, 15) is 8.78 Å². The molecule has 0 amide bonds. The third-order valence-corrected chi connectivity index (χ3v) is 4.08. The van der Waals surface area contributed by atoms with Crippen LogP contribution < -0.4 is 9.47 Å². The standard InChI is InChI=1S/C15H12Br2F2O2/c1-20-13-6-9(7-16)5-11(17)15(13)21-8-10-3-2-4-12(18)14(10)19/h2-6H,7-8H2,1H3. The first kappa shape index (κ1) is 16.2. The van der Waals surface area contributed by atoms with Crippen LogP contribution in [0.2, 0.25) is 0 Å². The molecule has 0 bridgehead atoms. The summed E-state index contributed by atoms with van der Waals surface area (Å²) in [5.74, 6) is -0.817. The summed E-state index contributed by atoms with van der Waals surface area (Å²) in [6, 6.07) is 7.68. The second-order valence-corrected chi connectivity index (χ2v) is 5.66. The lowest BCUT2D eigenvalue weighted by Gasteiger charge is -2.14.